The third-order valence-electron chi connectivity index (χ3n) is 6.25. The molecule has 0 unspecified atom stereocenters. The van der Waals surface area contributed by atoms with Gasteiger partial charge < -0.3 is 9.47 Å². The van der Waals surface area contributed by atoms with Crippen molar-refractivity contribution in [3.8, 4) is 6.07 Å². The molecule has 0 atom stereocenters. The number of hydrogen-bond acceptors (Lipinski definition) is 7. The maximum atomic E-state index is 13.3. The van der Waals surface area contributed by atoms with Crippen molar-refractivity contribution in [2.24, 2.45) is 0 Å². The summed E-state index contributed by atoms with van der Waals surface area (Å²) in [7, 11) is -3.88. The third kappa shape index (κ3) is 3.76. The van der Waals surface area contributed by atoms with Gasteiger partial charge in [-0.05, 0) is 31.0 Å². The molecule has 1 saturated heterocycles. The van der Waals surface area contributed by atoms with Crippen LogP contribution in [0.4, 0.5) is 0 Å². The van der Waals surface area contributed by atoms with Crippen LogP contribution in [-0.2, 0) is 10.0 Å². The quantitative estimate of drug-likeness (QED) is 0.416. The van der Waals surface area contributed by atoms with Gasteiger partial charge >= 0.3 is 0 Å². The first-order valence-electron chi connectivity index (χ1n) is 10.9. The van der Waals surface area contributed by atoms with Gasteiger partial charge in [-0.15, -0.1) is 0 Å². The van der Waals surface area contributed by atoms with Crippen LogP contribution in [0.1, 0.15) is 25.3 Å². The summed E-state index contributed by atoms with van der Waals surface area (Å²) >= 11 is 6.20. The first-order chi connectivity index (χ1) is 16.4. The van der Waals surface area contributed by atoms with Crippen LogP contribution in [0.25, 0.3) is 22.1 Å². The largest absolute Gasteiger partial charge is 0.302 e. The fourth-order valence-electron chi connectivity index (χ4n) is 4.59. The summed E-state index contributed by atoms with van der Waals surface area (Å²) in [5, 5.41) is 9.23. The summed E-state index contributed by atoms with van der Waals surface area (Å²) in [6.07, 6.45) is 4.78. The lowest BCUT2D eigenvalue weighted by molar-refractivity contribution is 0.190. The number of halogens is 1. The molecule has 1 aliphatic rings. The van der Waals surface area contributed by atoms with Crippen molar-refractivity contribution in [1.82, 2.24) is 23.4 Å². The summed E-state index contributed by atoms with van der Waals surface area (Å²) in [6.45, 7) is 2.19. The maximum Gasteiger partial charge on any atom is 0.289 e. The predicted octanol–water partition coefficient (Wildman–Crippen LogP) is 3.19. The highest BCUT2D eigenvalue weighted by Gasteiger charge is 2.27. The number of fused-ring (bicyclic) bond motifs is 3. The van der Waals surface area contributed by atoms with Gasteiger partial charge in [0.05, 0.1) is 22.7 Å². The highest BCUT2D eigenvalue weighted by Crippen LogP contribution is 2.31. The molecule has 0 bridgehead atoms. The van der Waals surface area contributed by atoms with Crippen LogP contribution in [0.5, 0.6) is 0 Å². The van der Waals surface area contributed by atoms with Gasteiger partial charge in [0.1, 0.15) is 5.52 Å². The monoisotopic (exact) mass is 496 g/mol. The number of nitriles is 1. The summed E-state index contributed by atoms with van der Waals surface area (Å²) in [6, 6.07) is 11.8. The molecule has 0 saturated carbocycles. The minimum Gasteiger partial charge on any atom is -0.302 e. The Labute approximate surface area is 200 Å². The lowest BCUT2D eigenvalue weighted by Gasteiger charge is -2.33. The van der Waals surface area contributed by atoms with E-state index < -0.39 is 15.6 Å². The fourth-order valence-corrected chi connectivity index (χ4v) is 6.09. The summed E-state index contributed by atoms with van der Waals surface area (Å²) in [5.41, 5.74) is 0.770. The van der Waals surface area contributed by atoms with E-state index in [1.165, 1.54) is 24.5 Å². The van der Waals surface area contributed by atoms with E-state index in [9.17, 15) is 13.2 Å². The van der Waals surface area contributed by atoms with Crippen molar-refractivity contribution in [1.29, 1.82) is 5.26 Å². The lowest BCUT2D eigenvalue weighted by atomic mass is 10.0. The number of hydrogen-bond donors (Lipinski definition) is 0. The molecule has 174 valence electrons. The van der Waals surface area contributed by atoms with Crippen molar-refractivity contribution in [2.75, 3.05) is 19.6 Å². The molecule has 1 fully saturated rings. The van der Waals surface area contributed by atoms with E-state index in [1.807, 2.05) is 0 Å². The fraction of sp³-hybridized carbons (Fsp3) is 0.304. The molecule has 0 amide bonds. The van der Waals surface area contributed by atoms with Gasteiger partial charge in [-0.2, -0.15) is 5.26 Å². The Balaban J connectivity index is 1.65. The molecule has 9 nitrogen and oxygen atoms in total. The molecule has 4 aromatic rings. The SMILES string of the molecule is N#CCCN1CCC(n2c(=O)c(Cl)nc3cnc4c(ccn4S(=O)(=O)c4ccccc4)c32)CC1. The Bertz CT molecular complexity index is 1580. The van der Waals surface area contributed by atoms with Crippen molar-refractivity contribution in [3.05, 3.63) is 64.3 Å². The summed E-state index contributed by atoms with van der Waals surface area (Å²) < 4.78 is 29.3. The van der Waals surface area contributed by atoms with E-state index in [2.05, 4.69) is 20.9 Å². The number of rotatable bonds is 5. The van der Waals surface area contributed by atoms with E-state index in [0.717, 1.165) is 17.1 Å². The second kappa shape index (κ2) is 8.83. The summed E-state index contributed by atoms with van der Waals surface area (Å²) in [5.74, 6) is 0. The molecule has 0 radical (unpaired) electrons. The smallest absolute Gasteiger partial charge is 0.289 e. The number of benzene rings is 1. The van der Waals surface area contributed by atoms with Crippen molar-refractivity contribution >= 4 is 43.7 Å². The van der Waals surface area contributed by atoms with Crippen LogP contribution in [-0.4, -0.2) is 51.5 Å². The molecular formula is C23H21ClN6O3S. The average Bonchev–Trinajstić information content (AvgIpc) is 3.30. The molecule has 5 rings (SSSR count). The van der Waals surface area contributed by atoms with E-state index in [0.29, 0.717) is 42.2 Å². The number of piperidine rings is 1. The second-order valence-electron chi connectivity index (χ2n) is 8.22. The van der Waals surface area contributed by atoms with Gasteiger partial charge in [0, 0.05) is 43.7 Å². The first-order valence-corrected chi connectivity index (χ1v) is 12.7. The van der Waals surface area contributed by atoms with Gasteiger partial charge in [-0.3, -0.25) is 4.79 Å². The zero-order valence-electron chi connectivity index (χ0n) is 18.1. The van der Waals surface area contributed by atoms with Crippen LogP contribution in [0.3, 0.4) is 0 Å². The highest BCUT2D eigenvalue weighted by atomic mass is 35.5. The Morgan fingerprint density at radius 3 is 2.59 bits per heavy atom. The topological polar surface area (TPSA) is 114 Å². The standard InChI is InChI=1S/C23H21ClN6O3S/c24-21-23(31)30(16-7-12-28(13-8-16)11-4-10-25)20-18-9-14-29(22(18)26-15-19(20)27-21)34(32,33)17-5-2-1-3-6-17/h1-3,5-6,9,14-16H,4,7-8,11-13H2. The van der Waals surface area contributed by atoms with Crippen molar-refractivity contribution in [2.45, 2.75) is 30.2 Å². The zero-order valence-corrected chi connectivity index (χ0v) is 19.7. The summed E-state index contributed by atoms with van der Waals surface area (Å²) in [4.78, 5) is 24.1. The predicted molar refractivity (Wildman–Crippen MR) is 128 cm³/mol. The van der Waals surface area contributed by atoms with Crippen molar-refractivity contribution in [3.63, 3.8) is 0 Å². The Morgan fingerprint density at radius 1 is 1.15 bits per heavy atom. The van der Waals surface area contributed by atoms with Crippen LogP contribution < -0.4 is 5.56 Å². The number of pyridine rings is 1. The van der Waals surface area contributed by atoms with E-state index in [1.54, 1.807) is 28.8 Å². The van der Waals surface area contributed by atoms with Gasteiger partial charge in [0.2, 0.25) is 0 Å². The molecule has 0 N–H and O–H groups in total. The molecule has 0 spiro atoms. The molecular weight excluding hydrogens is 476 g/mol. The Morgan fingerprint density at radius 2 is 1.88 bits per heavy atom. The molecule has 4 heterocycles. The molecule has 1 aliphatic heterocycles. The lowest BCUT2D eigenvalue weighted by Crippen LogP contribution is -2.38. The van der Waals surface area contributed by atoms with Crippen LogP contribution >= 0.6 is 11.6 Å². The van der Waals surface area contributed by atoms with Gasteiger partial charge in [0.25, 0.3) is 15.6 Å². The number of likely N-dealkylation sites (tertiary alicyclic amines) is 1. The van der Waals surface area contributed by atoms with Crippen molar-refractivity contribution < 1.29 is 8.42 Å². The van der Waals surface area contributed by atoms with E-state index in [4.69, 9.17) is 16.9 Å². The average molecular weight is 497 g/mol. The maximum absolute atomic E-state index is 13.3. The van der Waals surface area contributed by atoms with Gasteiger partial charge in [-0.1, -0.05) is 29.8 Å². The minimum atomic E-state index is -3.88. The second-order valence-corrected chi connectivity index (χ2v) is 10.4. The molecule has 3 aromatic heterocycles. The molecule has 1 aromatic carbocycles. The first kappa shape index (κ1) is 22.5. The van der Waals surface area contributed by atoms with Crippen LogP contribution in [0.15, 0.2) is 58.5 Å². The third-order valence-corrected chi connectivity index (χ3v) is 8.18. The van der Waals surface area contributed by atoms with Gasteiger partial charge in [0.15, 0.2) is 10.8 Å². The van der Waals surface area contributed by atoms with E-state index >= 15 is 0 Å². The van der Waals surface area contributed by atoms with Crippen LogP contribution in [0, 0.1) is 11.3 Å². The number of nitrogens with zero attached hydrogens (tertiary/aromatic N) is 6. The normalized spacial score (nSPS) is 15.6. The van der Waals surface area contributed by atoms with E-state index in [-0.39, 0.29) is 21.7 Å². The van der Waals surface area contributed by atoms with Gasteiger partial charge in [-0.25, -0.2) is 22.4 Å². The Hall–Kier alpha value is -3.26. The molecule has 11 heteroatoms. The van der Waals surface area contributed by atoms with Crippen LogP contribution in [0.2, 0.25) is 5.15 Å². The zero-order chi connectivity index (χ0) is 23.9. The Kier molecular flexibility index (Phi) is 5.85. The number of aromatic nitrogens is 4. The highest BCUT2D eigenvalue weighted by molar-refractivity contribution is 7.90. The minimum absolute atomic E-state index is 0.131. The molecule has 34 heavy (non-hydrogen) atoms. The molecule has 0 aliphatic carbocycles.